The highest BCUT2D eigenvalue weighted by Crippen LogP contribution is 2.34. The summed E-state index contributed by atoms with van der Waals surface area (Å²) in [5.41, 5.74) is 0. The first-order chi connectivity index (χ1) is 9.85. The number of carbonyl (C=O) groups excluding carboxylic acids is 1. The Bertz CT molecular complexity index is 478. The van der Waals surface area contributed by atoms with Crippen molar-refractivity contribution in [3.8, 4) is 0 Å². The molecule has 2 aliphatic rings. The second kappa shape index (κ2) is 6.73. The molecular weight excluding hydrogens is 290 g/mol. The summed E-state index contributed by atoms with van der Waals surface area (Å²) in [4.78, 5) is 14.3. The number of nitrogens with zero attached hydrogens (tertiary/aromatic N) is 2. The van der Waals surface area contributed by atoms with Gasteiger partial charge in [-0.25, -0.2) is 0 Å². The third kappa shape index (κ3) is 3.83. The van der Waals surface area contributed by atoms with Gasteiger partial charge >= 0.3 is 0 Å². The van der Waals surface area contributed by atoms with Gasteiger partial charge in [-0.05, 0) is 38.3 Å². The van der Waals surface area contributed by atoms with Gasteiger partial charge in [0.15, 0.2) is 0 Å². The maximum atomic E-state index is 12.1. The van der Waals surface area contributed by atoms with Gasteiger partial charge in [-0.15, -0.1) is 0 Å². The number of hydrogen-bond donors (Lipinski definition) is 1. The molecule has 21 heavy (non-hydrogen) atoms. The number of piperidine rings is 1. The predicted octanol–water partition coefficient (Wildman–Crippen LogP) is 0.605. The molecule has 2 rings (SSSR count). The molecule has 3 unspecified atom stereocenters. The highest BCUT2D eigenvalue weighted by molar-refractivity contribution is 7.87. The van der Waals surface area contributed by atoms with E-state index in [-0.39, 0.29) is 17.7 Å². The maximum Gasteiger partial charge on any atom is 0.279 e. The number of rotatable bonds is 5. The van der Waals surface area contributed by atoms with Crippen LogP contribution in [0.25, 0.3) is 0 Å². The average Bonchev–Trinajstić information content (AvgIpc) is 2.41. The quantitative estimate of drug-likeness (QED) is 0.806. The van der Waals surface area contributed by atoms with Gasteiger partial charge in [-0.3, -0.25) is 9.69 Å². The molecule has 0 radical (unpaired) electrons. The van der Waals surface area contributed by atoms with Crippen molar-refractivity contribution in [2.45, 2.75) is 51.1 Å². The van der Waals surface area contributed by atoms with Crippen molar-refractivity contribution in [2.75, 3.05) is 27.2 Å². The fourth-order valence-electron chi connectivity index (χ4n) is 3.58. The molecule has 122 valence electrons. The number of hydrogen-bond acceptors (Lipinski definition) is 4. The fourth-order valence-corrected chi connectivity index (χ4v) is 4.47. The molecule has 0 bridgehead atoms. The van der Waals surface area contributed by atoms with Crippen LogP contribution in [0.3, 0.4) is 0 Å². The molecule has 1 saturated heterocycles. The van der Waals surface area contributed by atoms with E-state index in [2.05, 4.69) is 16.5 Å². The monoisotopic (exact) mass is 317 g/mol. The van der Waals surface area contributed by atoms with Crippen molar-refractivity contribution in [3.05, 3.63) is 0 Å². The molecule has 6 nitrogen and oxygen atoms in total. The summed E-state index contributed by atoms with van der Waals surface area (Å²) in [5.74, 6) is 0.380. The summed E-state index contributed by atoms with van der Waals surface area (Å²) in [7, 11) is -0.390. The smallest absolute Gasteiger partial charge is 0.279 e. The second-order valence-corrected chi connectivity index (χ2v) is 8.27. The molecule has 7 heteroatoms. The minimum Gasteiger partial charge on any atom is -0.300 e. The van der Waals surface area contributed by atoms with E-state index in [1.54, 1.807) is 0 Å². The van der Waals surface area contributed by atoms with Gasteiger partial charge in [0.2, 0.25) is 0 Å². The van der Waals surface area contributed by atoms with Crippen molar-refractivity contribution < 1.29 is 13.2 Å². The van der Waals surface area contributed by atoms with E-state index in [1.165, 1.54) is 18.4 Å². The van der Waals surface area contributed by atoms with Crippen molar-refractivity contribution in [2.24, 2.45) is 5.92 Å². The Morgan fingerprint density at radius 2 is 2.05 bits per heavy atom. The molecule has 1 N–H and O–H groups in total. The van der Waals surface area contributed by atoms with Crippen LogP contribution in [0.15, 0.2) is 0 Å². The van der Waals surface area contributed by atoms with E-state index in [9.17, 15) is 13.2 Å². The lowest BCUT2D eigenvalue weighted by molar-refractivity contribution is -0.124. The van der Waals surface area contributed by atoms with E-state index < -0.39 is 10.2 Å². The van der Waals surface area contributed by atoms with Gasteiger partial charge in [-0.1, -0.05) is 6.92 Å². The number of carbonyl (C=O) groups is 1. The normalized spacial score (nSPS) is 31.4. The molecule has 0 aromatic carbocycles. The Balaban J connectivity index is 2.14. The molecule has 0 aromatic rings. The highest BCUT2D eigenvalue weighted by Gasteiger charge is 2.42. The van der Waals surface area contributed by atoms with E-state index >= 15 is 0 Å². The zero-order valence-corrected chi connectivity index (χ0v) is 14.0. The van der Waals surface area contributed by atoms with Gasteiger partial charge in [-0.2, -0.15) is 17.4 Å². The van der Waals surface area contributed by atoms with Crippen LogP contribution in [0, 0.1) is 5.92 Å². The van der Waals surface area contributed by atoms with Crippen LogP contribution in [0.5, 0.6) is 0 Å². The minimum absolute atomic E-state index is 0.112. The number of ketones is 1. The van der Waals surface area contributed by atoms with Crippen molar-refractivity contribution in [3.63, 3.8) is 0 Å². The van der Waals surface area contributed by atoms with Gasteiger partial charge in [0.25, 0.3) is 10.2 Å². The van der Waals surface area contributed by atoms with Gasteiger partial charge in [0.1, 0.15) is 5.78 Å². The molecule has 1 saturated carbocycles. The Morgan fingerprint density at radius 1 is 1.33 bits per heavy atom. The van der Waals surface area contributed by atoms with Crippen LogP contribution < -0.4 is 4.72 Å². The van der Waals surface area contributed by atoms with Crippen LogP contribution in [-0.2, 0) is 15.0 Å². The largest absolute Gasteiger partial charge is 0.300 e. The first-order valence-corrected chi connectivity index (χ1v) is 9.24. The molecule has 0 spiro atoms. The second-order valence-electron chi connectivity index (χ2n) is 6.35. The summed E-state index contributed by atoms with van der Waals surface area (Å²) in [5, 5.41) is 0. The number of Topliss-reactive ketones (excluding diaryl/α,β-unsaturated/α-hetero) is 1. The van der Waals surface area contributed by atoms with Gasteiger partial charge in [0, 0.05) is 39.0 Å². The third-order valence-electron chi connectivity index (χ3n) is 4.68. The third-order valence-corrected chi connectivity index (χ3v) is 6.24. The van der Waals surface area contributed by atoms with Crippen LogP contribution in [-0.4, -0.2) is 62.7 Å². The molecule has 1 aliphatic heterocycles. The predicted molar refractivity (Wildman–Crippen MR) is 82.1 cm³/mol. The SMILES string of the molecule is CCCN1CCC(NS(=O)(=O)N(C)C)C2CC(=O)CCC21. The lowest BCUT2D eigenvalue weighted by atomic mass is 9.75. The fraction of sp³-hybridized carbons (Fsp3) is 0.929. The summed E-state index contributed by atoms with van der Waals surface area (Å²) in [6.07, 6.45) is 3.87. The molecule has 0 aromatic heterocycles. The van der Waals surface area contributed by atoms with Crippen LogP contribution in [0.2, 0.25) is 0 Å². The molecular formula is C14H27N3O3S. The summed E-state index contributed by atoms with van der Waals surface area (Å²) < 4.78 is 28.2. The number of nitrogens with one attached hydrogen (secondary N) is 1. The summed E-state index contributed by atoms with van der Waals surface area (Å²) >= 11 is 0. The highest BCUT2D eigenvalue weighted by atomic mass is 32.2. The lowest BCUT2D eigenvalue weighted by Crippen LogP contribution is -2.59. The lowest BCUT2D eigenvalue weighted by Gasteiger charge is -2.47. The standard InChI is InChI=1S/C14H27N3O3S/c1-4-8-17-9-7-13(15-21(19,20)16(2)3)12-10-11(18)5-6-14(12)17/h12-15H,4-10H2,1-3H3. The Hall–Kier alpha value is -0.500. The number of fused-ring (bicyclic) bond motifs is 1. The van der Waals surface area contributed by atoms with Gasteiger partial charge in [0.05, 0.1) is 0 Å². The first kappa shape index (κ1) is 16.9. The molecule has 3 atom stereocenters. The van der Waals surface area contributed by atoms with E-state index in [4.69, 9.17) is 0 Å². The summed E-state index contributed by atoms with van der Waals surface area (Å²) in [6, 6.07) is 0.214. The van der Waals surface area contributed by atoms with Crippen LogP contribution in [0.4, 0.5) is 0 Å². The molecule has 2 fully saturated rings. The zero-order chi connectivity index (χ0) is 15.6. The van der Waals surface area contributed by atoms with Crippen molar-refractivity contribution in [1.82, 2.24) is 13.9 Å². The Morgan fingerprint density at radius 3 is 2.67 bits per heavy atom. The topological polar surface area (TPSA) is 69.7 Å². The van der Waals surface area contributed by atoms with Crippen molar-refractivity contribution >= 4 is 16.0 Å². The molecule has 1 heterocycles. The zero-order valence-electron chi connectivity index (χ0n) is 13.2. The maximum absolute atomic E-state index is 12.1. The van der Waals surface area contributed by atoms with Gasteiger partial charge < -0.3 is 0 Å². The van der Waals surface area contributed by atoms with E-state index in [1.807, 2.05) is 0 Å². The Labute approximate surface area is 128 Å². The Kier molecular flexibility index (Phi) is 5.40. The van der Waals surface area contributed by atoms with Crippen molar-refractivity contribution in [1.29, 1.82) is 0 Å². The van der Waals surface area contributed by atoms with E-state index in [0.29, 0.717) is 18.9 Å². The first-order valence-electron chi connectivity index (χ1n) is 7.80. The molecule has 1 aliphatic carbocycles. The number of likely N-dealkylation sites (tertiary alicyclic amines) is 1. The van der Waals surface area contributed by atoms with Crippen LogP contribution in [0.1, 0.15) is 39.0 Å². The summed E-state index contributed by atoms with van der Waals surface area (Å²) in [6.45, 7) is 4.09. The van der Waals surface area contributed by atoms with Crippen LogP contribution >= 0.6 is 0 Å². The average molecular weight is 317 g/mol. The minimum atomic E-state index is -3.44. The van der Waals surface area contributed by atoms with E-state index in [0.717, 1.165) is 32.4 Å². The molecule has 0 amide bonds.